The number of carbonyl (C=O) groups is 1. The maximum Gasteiger partial charge on any atom is 0.451 e. The molecule has 0 bridgehead atoms. The monoisotopic (exact) mass is 449 g/mol. The SMILES string of the molecule is Cn1c(SCC(=O)N2CCN(S(=O)(=O)c3ccccc3)CC2)nnc1C(F)(F)F. The number of benzene rings is 1. The Bertz CT molecular complexity index is 971. The molecule has 0 saturated carbocycles. The fourth-order valence-corrected chi connectivity index (χ4v) is 5.08. The summed E-state index contributed by atoms with van der Waals surface area (Å²) in [7, 11) is -2.44. The number of carbonyl (C=O) groups excluding carboxylic acids is 1. The van der Waals surface area contributed by atoms with E-state index >= 15 is 0 Å². The molecule has 0 radical (unpaired) electrons. The largest absolute Gasteiger partial charge is 0.451 e. The molecule has 2 aromatic rings. The Morgan fingerprint density at radius 3 is 2.28 bits per heavy atom. The lowest BCUT2D eigenvalue weighted by Gasteiger charge is -2.34. The smallest absolute Gasteiger partial charge is 0.339 e. The first-order chi connectivity index (χ1) is 13.6. The zero-order chi connectivity index (χ0) is 21.2. The molecule has 1 aromatic carbocycles. The molecule has 0 N–H and O–H groups in total. The van der Waals surface area contributed by atoms with E-state index in [9.17, 15) is 26.4 Å². The summed E-state index contributed by atoms with van der Waals surface area (Å²) in [6.45, 7) is 0.710. The molecule has 1 saturated heterocycles. The summed E-state index contributed by atoms with van der Waals surface area (Å²) in [6, 6.07) is 8.03. The van der Waals surface area contributed by atoms with E-state index in [1.807, 2.05) is 0 Å². The number of alkyl halides is 3. The first-order valence-corrected chi connectivity index (χ1v) is 11.0. The average Bonchev–Trinajstić information content (AvgIpc) is 3.07. The molecule has 0 spiro atoms. The van der Waals surface area contributed by atoms with Crippen LogP contribution in [-0.4, -0.2) is 70.2 Å². The standard InChI is InChI=1S/C16H18F3N5O3S2/c1-22-14(16(17,18)19)20-21-15(22)28-11-13(25)23-7-9-24(10-8-23)29(26,27)12-5-3-2-4-6-12/h2-6H,7-11H2,1H3. The summed E-state index contributed by atoms with van der Waals surface area (Å²) in [5.74, 6) is -1.55. The zero-order valence-corrected chi connectivity index (χ0v) is 17.0. The highest BCUT2D eigenvalue weighted by Crippen LogP contribution is 2.29. The van der Waals surface area contributed by atoms with Crippen molar-refractivity contribution in [2.75, 3.05) is 31.9 Å². The second-order valence-corrected chi connectivity index (χ2v) is 9.13. The first-order valence-electron chi connectivity index (χ1n) is 8.53. The number of hydrogen-bond donors (Lipinski definition) is 0. The van der Waals surface area contributed by atoms with Crippen molar-refractivity contribution in [2.45, 2.75) is 16.2 Å². The highest BCUT2D eigenvalue weighted by Gasteiger charge is 2.37. The van der Waals surface area contributed by atoms with Gasteiger partial charge >= 0.3 is 6.18 Å². The number of halogens is 3. The van der Waals surface area contributed by atoms with Gasteiger partial charge in [0.2, 0.25) is 21.8 Å². The van der Waals surface area contributed by atoms with Crippen LogP contribution >= 0.6 is 11.8 Å². The molecule has 0 unspecified atom stereocenters. The number of nitrogens with zero attached hydrogens (tertiary/aromatic N) is 5. The number of rotatable bonds is 5. The summed E-state index contributed by atoms with van der Waals surface area (Å²) in [6.07, 6.45) is -4.62. The summed E-state index contributed by atoms with van der Waals surface area (Å²) in [4.78, 5) is 14.1. The molecule has 1 aliphatic heterocycles. The molecule has 2 heterocycles. The van der Waals surface area contributed by atoms with Crippen LogP contribution in [0.5, 0.6) is 0 Å². The van der Waals surface area contributed by atoms with Crippen LogP contribution < -0.4 is 0 Å². The Morgan fingerprint density at radius 2 is 1.72 bits per heavy atom. The highest BCUT2D eigenvalue weighted by molar-refractivity contribution is 7.99. The number of piperazine rings is 1. The van der Waals surface area contributed by atoms with E-state index in [2.05, 4.69) is 10.2 Å². The fraction of sp³-hybridized carbons (Fsp3) is 0.438. The second-order valence-electron chi connectivity index (χ2n) is 6.25. The molecule has 1 fully saturated rings. The summed E-state index contributed by atoms with van der Waals surface area (Å²) in [5.41, 5.74) is 0. The van der Waals surface area contributed by atoms with Crippen molar-refractivity contribution in [3.8, 4) is 0 Å². The van der Waals surface area contributed by atoms with Crippen LogP contribution in [0.4, 0.5) is 13.2 Å². The lowest BCUT2D eigenvalue weighted by Crippen LogP contribution is -2.50. The molecule has 0 aliphatic carbocycles. The van der Waals surface area contributed by atoms with Gasteiger partial charge in [0.25, 0.3) is 0 Å². The molecule has 29 heavy (non-hydrogen) atoms. The second kappa shape index (κ2) is 8.32. The quantitative estimate of drug-likeness (QED) is 0.643. The van der Waals surface area contributed by atoms with Crippen molar-refractivity contribution in [1.29, 1.82) is 0 Å². The summed E-state index contributed by atoms with van der Waals surface area (Å²) in [5, 5.41) is 6.57. The van der Waals surface area contributed by atoms with Gasteiger partial charge in [-0.25, -0.2) is 8.42 Å². The van der Waals surface area contributed by atoms with Crippen LogP contribution in [-0.2, 0) is 28.0 Å². The van der Waals surface area contributed by atoms with Gasteiger partial charge in [-0.15, -0.1) is 10.2 Å². The zero-order valence-electron chi connectivity index (χ0n) is 15.3. The predicted molar refractivity (Wildman–Crippen MR) is 98.5 cm³/mol. The lowest BCUT2D eigenvalue weighted by molar-refractivity contribution is -0.147. The number of aromatic nitrogens is 3. The van der Waals surface area contributed by atoms with Crippen molar-refractivity contribution in [1.82, 2.24) is 24.0 Å². The Kier molecular flexibility index (Phi) is 6.19. The molecule has 1 amide bonds. The third kappa shape index (κ3) is 4.73. The minimum Gasteiger partial charge on any atom is -0.339 e. The highest BCUT2D eigenvalue weighted by atomic mass is 32.2. The van der Waals surface area contributed by atoms with E-state index in [0.717, 1.165) is 16.3 Å². The van der Waals surface area contributed by atoms with Crippen LogP contribution in [0, 0.1) is 0 Å². The van der Waals surface area contributed by atoms with Crippen LogP contribution in [0.1, 0.15) is 5.82 Å². The molecule has 1 aromatic heterocycles. The number of hydrogen-bond acceptors (Lipinski definition) is 6. The summed E-state index contributed by atoms with van der Waals surface area (Å²) < 4.78 is 65.6. The van der Waals surface area contributed by atoms with Crippen molar-refractivity contribution in [3.05, 3.63) is 36.2 Å². The topological polar surface area (TPSA) is 88.4 Å². The van der Waals surface area contributed by atoms with Crippen molar-refractivity contribution in [2.24, 2.45) is 7.05 Å². The van der Waals surface area contributed by atoms with Crippen LogP contribution in [0.3, 0.4) is 0 Å². The van der Waals surface area contributed by atoms with Gasteiger partial charge in [0, 0.05) is 33.2 Å². The van der Waals surface area contributed by atoms with Crippen molar-refractivity contribution in [3.63, 3.8) is 0 Å². The molecule has 8 nitrogen and oxygen atoms in total. The van der Waals surface area contributed by atoms with Gasteiger partial charge in [0.15, 0.2) is 5.16 Å². The summed E-state index contributed by atoms with van der Waals surface area (Å²) >= 11 is 0.855. The van der Waals surface area contributed by atoms with Gasteiger partial charge < -0.3 is 9.47 Å². The minimum atomic E-state index is -4.62. The van der Waals surface area contributed by atoms with Crippen LogP contribution in [0.25, 0.3) is 0 Å². The van der Waals surface area contributed by atoms with Gasteiger partial charge in [-0.3, -0.25) is 4.79 Å². The normalized spacial score (nSPS) is 16.2. The number of thioether (sulfide) groups is 1. The average molecular weight is 449 g/mol. The minimum absolute atomic E-state index is 0.0176. The Morgan fingerprint density at radius 1 is 1.10 bits per heavy atom. The van der Waals surface area contributed by atoms with Gasteiger partial charge in [-0.2, -0.15) is 17.5 Å². The molecule has 0 atom stereocenters. The Balaban J connectivity index is 1.55. The number of sulfonamides is 1. The maximum atomic E-state index is 12.7. The van der Waals surface area contributed by atoms with E-state index < -0.39 is 22.0 Å². The van der Waals surface area contributed by atoms with E-state index in [-0.39, 0.29) is 47.9 Å². The van der Waals surface area contributed by atoms with E-state index in [4.69, 9.17) is 0 Å². The molecular weight excluding hydrogens is 431 g/mol. The van der Waals surface area contributed by atoms with Crippen LogP contribution in [0.2, 0.25) is 0 Å². The molecule has 1 aliphatic rings. The lowest BCUT2D eigenvalue weighted by atomic mass is 10.3. The van der Waals surface area contributed by atoms with E-state index in [1.165, 1.54) is 28.4 Å². The molecule has 3 rings (SSSR count). The van der Waals surface area contributed by atoms with E-state index in [1.54, 1.807) is 18.2 Å². The van der Waals surface area contributed by atoms with Crippen molar-refractivity contribution < 1.29 is 26.4 Å². The first kappa shape index (κ1) is 21.6. The third-order valence-corrected chi connectivity index (χ3v) is 7.30. The molecular formula is C16H18F3N5O3S2. The Labute approximate surface area is 169 Å². The van der Waals surface area contributed by atoms with Crippen molar-refractivity contribution >= 4 is 27.7 Å². The van der Waals surface area contributed by atoms with Gasteiger partial charge in [0.05, 0.1) is 10.6 Å². The molecule has 13 heteroatoms. The van der Waals surface area contributed by atoms with E-state index in [0.29, 0.717) is 0 Å². The maximum absolute atomic E-state index is 12.7. The molecule has 158 valence electrons. The van der Waals surface area contributed by atoms with Gasteiger partial charge in [0.1, 0.15) is 0 Å². The fourth-order valence-electron chi connectivity index (χ4n) is 2.82. The third-order valence-electron chi connectivity index (χ3n) is 4.39. The van der Waals surface area contributed by atoms with Gasteiger partial charge in [-0.05, 0) is 12.1 Å². The van der Waals surface area contributed by atoms with Crippen LogP contribution in [0.15, 0.2) is 40.4 Å². The number of amides is 1. The Hall–Kier alpha value is -2.12. The predicted octanol–water partition coefficient (Wildman–Crippen LogP) is 1.46. The van der Waals surface area contributed by atoms with Gasteiger partial charge in [-0.1, -0.05) is 30.0 Å².